The molecule has 3 aromatic rings. The fourth-order valence-electron chi connectivity index (χ4n) is 2.57. The first-order chi connectivity index (χ1) is 12.9. The molecule has 0 fully saturated rings. The molecule has 2 aromatic heterocycles. The van der Waals surface area contributed by atoms with Crippen LogP contribution in [0, 0.1) is 13.8 Å². The molecular weight excluding hydrogens is 364 g/mol. The summed E-state index contributed by atoms with van der Waals surface area (Å²) in [6.07, 6.45) is 0.676. The first-order valence-electron chi connectivity index (χ1n) is 8.41. The van der Waals surface area contributed by atoms with Crippen LogP contribution in [-0.2, 0) is 11.2 Å². The molecule has 2 heterocycles. The number of hydrogen-bond acceptors (Lipinski definition) is 6. The molecular formula is C19H20N4O3S. The van der Waals surface area contributed by atoms with Crippen molar-refractivity contribution in [2.45, 2.75) is 20.3 Å². The molecule has 0 radical (unpaired) electrons. The highest BCUT2D eigenvalue weighted by molar-refractivity contribution is 7.13. The lowest BCUT2D eigenvalue weighted by atomic mass is 10.2. The van der Waals surface area contributed by atoms with Crippen LogP contribution in [0.5, 0.6) is 0 Å². The molecule has 2 amide bonds. The van der Waals surface area contributed by atoms with Crippen LogP contribution in [0.25, 0.3) is 0 Å². The maximum atomic E-state index is 12.7. The molecule has 0 saturated carbocycles. The zero-order valence-corrected chi connectivity index (χ0v) is 16.2. The number of carbonyl (C=O) groups excluding carboxylic acids is 2. The molecule has 0 aliphatic heterocycles. The molecule has 0 unspecified atom stereocenters. The van der Waals surface area contributed by atoms with Crippen molar-refractivity contribution in [1.82, 2.24) is 15.0 Å². The van der Waals surface area contributed by atoms with Crippen molar-refractivity contribution in [2.24, 2.45) is 0 Å². The smallest absolute Gasteiger partial charge is 0.266 e. The Kier molecular flexibility index (Phi) is 5.66. The zero-order valence-electron chi connectivity index (χ0n) is 15.4. The first-order valence-corrected chi connectivity index (χ1v) is 9.23. The normalized spacial score (nSPS) is 10.6. The topological polar surface area (TPSA) is 88.3 Å². The second-order valence-electron chi connectivity index (χ2n) is 6.22. The van der Waals surface area contributed by atoms with Crippen molar-refractivity contribution in [3.8, 4) is 0 Å². The average molecular weight is 384 g/mol. The third kappa shape index (κ3) is 4.79. The highest BCUT2D eigenvalue weighted by Crippen LogP contribution is 2.22. The van der Waals surface area contributed by atoms with Gasteiger partial charge in [0.25, 0.3) is 5.91 Å². The van der Waals surface area contributed by atoms with E-state index >= 15 is 0 Å². The molecule has 0 saturated heterocycles. The number of anilines is 1. The Morgan fingerprint density at radius 3 is 2.63 bits per heavy atom. The van der Waals surface area contributed by atoms with E-state index in [0.717, 1.165) is 10.6 Å². The summed E-state index contributed by atoms with van der Waals surface area (Å²) in [7, 11) is 1.59. The Bertz CT molecular complexity index is 949. The summed E-state index contributed by atoms with van der Waals surface area (Å²) >= 11 is 1.36. The van der Waals surface area contributed by atoms with Crippen molar-refractivity contribution in [3.63, 3.8) is 0 Å². The Balaban J connectivity index is 1.63. The minimum Gasteiger partial charge on any atom is -0.360 e. The molecule has 0 aliphatic rings. The van der Waals surface area contributed by atoms with Crippen molar-refractivity contribution in [1.29, 1.82) is 0 Å². The molecule has 0 aliphatic carbocycles. The zero-order chi connectivity index (χ0) is 19.4. The van der Waals surface area contributed by atoms with Gasteiger partial charge >= 0.3 is 0 Å². The van der Waals surface area contributed by atoms with Crippen LogP contribution in [0.3, 0.4) is 0 Å². The van der Waals surface area contributed by atoms with E-state index in [9.17, 15) is 9.59 Å². The number of likely N-dealkylation sites (N-methyl/N-ethyl adjacent to an activating group) is 1. The number of carbonyl (C=O) groups is 2. The Labute approximate surface area is 161 Å². The van der Waals surface area contributed by atoms with Gasteiger partial charge in [-0.1, -0.05) is 35.5 Å². The van der Waals surface area contributed by atoms with E-state index in [1.165, 1.54) is 16.2 Å². The largest absolute Gasteiger partial charge is 0.360 e. The standard InChI is InChI=1S/C19H20N4O3S/c1-12-9-15(22-26-12)21-16(24)11-23(3)19(25)18-13(2)20-17(27-18)10-14-7-5-4-6-8-14/h4-9H,10-11H2,1-3H3,(H,21,22,24). The number of aromatic nitrogens is 2. The molecule has 0 bridgehead atoms. The molecule has 3 rings (SSSR count). The number of rotatable bonds is 6. The lowest BCUT2D eigenvalue weighted by Gasteiger charge is -2.15. The number of thiazole rings is 1. The molecule has 1 aromatic carbocycles. The summed E-state index contributed by atoms with van der Waals surface area (Å²) in [6.45, 7) is 3.46. The van der Waals surface area contributed by atoms with Crippen molar-refractivity contribution in [2.75, 3.05) is 18.9 Å². The predicted octanol–water partition coefficient (Wildman–Crippen LogP) is 3.05. The van der Waals surface area contributed by atoms with Gasteiger partial charge in [0.15, 0.2) is 5.82 Å². The van der Waals surface area contributed by atoms with Crippen LogP contribution in [0.2, 0.25) is 0 Å². The van der Waals surface area contributed by atoms with Crippen LogP contribution >= 0.6 is 11.3 Å². The van der Waals surface area contributed by atoms with Crippen molar-refractivity contribution < 1.29 is 14.1 Å². The lowest BCUT2D eigenvalue weighted by molar-refractivity contribution is -0.116. The monoisotopic (exact) mass is 384 g/mol. The summed E-state index contributed by atoms with van der Waals surface area (Å²) in [5.41, 5.74) is 1.82. The number of amides is 2. The number of nitrogens with one attached hydrogen (secondary N) is 1. The summed E-state index contributed by atoms with van der Waals surface area (Å²) in [5.74, 6) is 0.361. The van der Waals surface area contributed by atoms with Crippen LogP contribution in [0.15, 0.2) is 40.9 Å². The van der Waals surface area contributed by atoms with E-state index in [0.29, 0.717) is 28.6 Å². The molecule has 0 spiro atoms. The van der Waals surface area contributed by atoms with Gasteiger partial charge in [0, 0.05) is 19.5 Å². The van der Waals surface area contributed by atoms with Crippen LogP contribution < -0.4 is 5.32 Å². The minimum absolute atomic E-state index is 0.0872. The van der Waals surface area contributed by atoms with Gasteiger partial charge in [0.1, 0.15) is 10.6 Å². The first kappa shape index (κ1) is 18.8. The quantitative estimate of drug-likeness (QED) is 0.706. The fraction of sp³-hybridized carbons (Fsp3) is 0.263. The second-order valence-corrected chi connectivity index (χ2v) is 7.30. The summed E-state index contributed by atoms with van der Waals surface area (Å²) in [5, 5.41) is 7.18. The maximum absolute atomic E-state index is 12.7. The van der Waals surface area contributed by atoms with E-state index in [1.807, 2.05) is 37.3 Å². The third-order valence-electron chi connectivity index (χ3n) is 3.86. The summed E-state index contributed by atoms with van der Waals surface area (Å²) in [6, 6.07) is 11.6. The minimum atomic E-state index is -0.342. The van der Waals surface area contributed by atoms with Gasteiger partial charge in [-0.3, -0.25) is 9.59 Å². The molecule has 1 N–H and O–H groups in total. The lowest BCUT2D eigenvalue weighted by Crippen LogP contribution is -2.34. The van der Waals surface area contributed by atoms with Crippen LogP contribution in [-0.4, -0.2) is 40.4 Å². The van der Waals surface area contributed by atoms with E-state index in [4.69, 9.17) is 4.52 Å². The van der Waals surface area contributed by atoms with E-state index in [-0.39, 0.29) is 18.4 Å². The van der Waals surface area contributed by atoms with Gasteiger partial charge in [-0.2, -0.15) is 0 Å². The van der Waals surface area contributed by atoms with Gasteiger partial charge in [-0.15, -0.1) is 11.3 Å². The van der Waals surface area contributed by atoms with Crippen LogP contribution in [0.4, 0.5) is 5.82 Å². The highest BCUT2D eigenvalue weighted by atomic mass is 32.1. The van der Waals surface area contributed by atoms with Gasteiger partial charge in [-0.25, -0.2) is 4.98 Å². The SMILES string of the molecule is Cc1cc(NC(=O)CN(C)C(=O)c2sc(Cc3ccccc3)nc2C)no1. The molecule has 7 nitrogen and oxygen atoms in total. The number of benzene rings is 1. The van der Waals surface area contributed by atoms with Crippen LogP contribution in [0.1, 0.15) is 31.7 Å². The number of nitrogens with zero attached hydrogens (tertiary/aromatic N) is 3. The van der Waals surface area contributed by atoms with Crippen molar-refractivity contribution >= 4 is 29.0 Å². The van der Waals surface area contributed by atoms with Gasteiger partial charge in [0.2, 0.25) is 5.91 Å². The number of aryl methyl sites for hydroxylation is 2. The fourth-order valence-corrected chi connectivity index (χ4v) is 3.66. The van der Waals surface area contributed by atoms with E-state index in [2.05, 4.69) is 15.5 Å². The Hall–Kier alpha value is -3.00. The Morgan fingerprint density at radius 1 is 1.22 bits per heavy atom. The van der Waals surface area contributed by atoms with Crippen molar-refractivity contribution in [3.05, 3.63) is 63.3 Å². The van der Waals surface area contributed by atoms with E-state index < -0.39 is 0 Å². The summed E-state index contributed by atoms with van der Waals surface area (Å²) < 4.78 is 4.90. The highest BCUT2D eigenvalue weighted by Gasteiger charge is 2.21. The van der Waals surface area contributed by atoms with Gasteiger partial charge in [0.05, 0.1) is 17.2 Å². The van der Waals surface area contributed by atoms with Gasteiger partial charge < -0.3 is 14.7 Å². The summed E-state index contributed by atoms with van der Waals surface area (Å²) in [4.78, 5) is 31.2. The Morgan fingerprint density at radius 2 is 1.96 bits per heavy atom. The third-order valence-corrected chi connectivity index (χ3v) is 5.00. The molecule has 27 heavy (non-hydrogen) atoms. The van der Waals surface area contributed by atoms with Gasteiger partial charge in [-0.05, 0) is 19.4 Å². The predicted molar refractivity (Wildman–Crippen MR) is 103 cm³/mol. The second kappa shape index (κ2) is 8.13. The molecule has 0 atom stereocenters. The number of hydrogen-bond donors (Lipinski definition) is 1. The van der Waals surface area contributed by atoms with E-state index in [1.54, 1.807) is 20.0 Å². The molecule has 140 valence electrons. The molecule has 8 heteroatoms. The maximum Gasteiger partial charge on any atom is 0.266 e. The average Bonchev–Trinajstić information content (AvgIpc) is 3.20.